The molecule has 0 unspecified atom stereocenters. The molecule has 0 heterocycles. The van der Waals surface area contributed by atoms with Crippen molar-refractivity contribution in [3.05, 3.63) is 41.0 Å². The summed E-state index contributed by atoms with van der Waals surface area (Å²) in [6, 6.07) is 8.50. The number of nitrogens with two attached hydrogens (primary N) is 1. The SMILES string of the molecule is COc1cc(CN)cc2cc(C)cc(C)c12. The molecule has 0 aliphatic heterocycles. The summed E-state index contributed by atoms with van der Waals surface area (Å²) < 4.78 is 5.44. The molecule has 0 spiro atoms. The van der Waals surface area contributed by atoms with E-state index in [-0.39, 0.29) is 0 Å². The molecule has 2 heteroatoms. The lowest BCUT2D eigenvalue weighted by Crippen LogP contribution is -1.98. The van der Waals surface area contributed by atoms with Crippen LogP contribution >= 0.6 is 0 Å². The molecular weight excluding hydrogens is 198 g/mol. The molecule has 0 saturated carbocycles. The molecule has 0 radical (unpaired) electrons. The van der Waals surface area contributed by atoms with Crippen LogP contribution in [0.15, 0.2) is 24.3 Å². The summed E-state index contributed by atoms with van der Waals surface area (Å²) in [5, 5.41) is 2.39. The van der Waals surface area contributed by atoms with Crippen LogP contribution in [0.25, 0.3) is 10.8 Å². The fraction of sp³-hybridized carbons (Fsp3) is 0.286. The molecule has 0 atom stereocenters. The van der Waals surface area contributed by atoms with E-state index in [4.69, 9.17) is 10.5 Å². The van der Waals surface area contributed by atoms with E-state index in [1.165, 1.54) is 21.9 Å². The largest absolute Gasteiger partial charge is 0.496 e. The van der Waals surface area contributed by atoms with Gasteiger partial charge < -0.3 is 10.5 Å². The summed E-state index contributed by atoms with van der Waals surface area (Å²) in [6.45, 7) is 4.76. The Labute approximate surface area is 96.0 Å². The van der Waals surface area contributed by atoms with Crippen molar-refractivity contribution in [3.8, 4) is 5.75 Å². The lowest BCUT2D eigenvalue weighted by molar-refractivity contribution is 0.419. The lowest BCUT2D eigenvalue weighted by atomic mass is 9.99. The molecule has 0 bridgehead atoms. The van der Waals surface area contributed by atoms with Gasteiger partial charge in [-0.25, -0.2) is 0 Å². The maximum absolute atomic E-state index is 5.68. The third kappa shape index (κ3) is 1.76. The zero-order valence-electron chi connectivity index (χ0n) is 10.0. The van der Waals surface area contributed by atoms with Gasteiger partial charge in [-0.1, -0.05) is 17.7 Å². The summed E-state index contributed by atoms with van der Waals surface area (Å²) in [4.78, 5) is 0. The second-order valence-corrected chi connectivity index (χ2v) is 4.18. The number of ether oxygens (including phenoxy) is 1. The first kappa shape index (κ1) is 11.0. The van der Waals surface area contributed by atoms with Gasteiger partial charge in [-0.05, 0) is 42.5 Å². The van der Waals surface area contributed by atoms with Crippen LogP contribution in [0.2, 0.25) is 0 Å². The summed E-state index contributed by atoms with van der Waals surface area (Å²) in [5.74, 6) is 0.912. The number of aryl methyl sites for hydroxylation is 2. The molecule has 16 heavy (non-hydrogen) atoms. The highest BCUT2D eigenvalue weighted by Crippen LogP contribution is 2.31. The molecule has 0 saturated heterocycles. The summed E-state index contributed by atoms with van der Waals surface area (Å²) in [6.07, 6.45) is 0. The van der Waals surface area contributed by atoms with E-state index in [1.807, 2.05) is 6.07 Å². The molecule has 0 aliphatic rings. The molecular formula is C14H17NO. The van der Waals surface area contributed by atoms with Crippen molar-refractivity contribution < 1.29 is 4.74 Å². The van der Waals surface area contributed by atoms with Crippen molar-refractivity contribution in [1.29, 1.82) is 0 Å². The lowest BCUT2D eigenvalue weighted by Gasteiger charge is -2.11. The molecule has 2 N–H and O–H groups in total. The fourth-order valence-corrected chi connectivity index (χ4v) is 2.21. The molecule has 2 aromatic carbocycles. The van der Waals surface area contributed by atoms with Crippen LogP contribution in [-0.2, 0) is 6.54 Å². The van der Waals surface area contributed by atoms with Gasteiger partial charge in [-0.2, -0.15) is 0 Å². The van der Waals surface area contributed by atoms with Gasteiger partial charge in [0.25, 0.3) is 0 Å². The van der Waals surface area contributed by atoms with Gasteiger partial charge in [-0.3, -0.25) is 0 Å². The van der Waals surface area contributed by atoms with Gasteiger partial charge in [0.15, 0.2) is 0 Å². The first-order chi connectivity index (χ1) is 7.65. The zero-order valence-corrected chi connectivity index (χ0v) is 10.0. The van der Waals surface area contributed by atoms with Crippen LogP contribution in [0.1, 0.15) is 16.7 Å². The molecule has 0 amide bonds. The first-order valence-corrected chi connectivity index (χ1v) is 5.43. The van der Waals surface area contributed by atoms with Crippen molar-refractivity contribution >= 4 is 10.8 Å². The van der Waals surface area contributed by atoms with Gasteiger partial charge in [0.05, 0.1) is 7.11 Å². The number of benzene rings is 2. The van der Waals surface area contributed by atoms with Crippen molar-refractivity contribution in [2.24, 2.45) is 5.73 Å². The normalized spacial score (nSPS) is 10.8. The van der Waals surface area contributed by atoms with Crippen LogP contribution in [-0.4, -0.2) is 7.11 Å². The smallest absolute Gasteiger partial charge is 0.127 e. The topological polar surface area (TPSA) is 35.2 Å². The van der Waals surface area contributed by atoms with Crippen molar-refractivity contribution in [2.75, 3.05) is 7.11 Å². The summed E-state index contributed by atoms with van der Waals surface area (Å²) >= 11 is 0. The van der Waals surface area contributed by atoms with Gasteiger partial charge in [0.2, 0.25) is 0 Å². The predicted octanol–water partition coefficient (Wildman–Crippen LogP) is 2.92. The molecule has 0 aromatic heterocycles. The number of hydrogen-bond donors (Lipinski definition) is 1. The Hall–Kier alpha value is -1.54. The average molecular weight is 215 g/mol. The Balaban J connectivity index is 2.83. The maximum Gasteiger partial charge on any atom is 0.127 e. The molecule has 2 rings (SSSR count). The van der Waals surface area contributed by atoms with Crippen molar-refractivity contribution in [1.82, 2.24) is 0 Å². The van der Waals surface area contributed by atoms with Crippen LogP contribution in [0.4, 0.5) is 0 Å². The first-order valence-electron chi connectivity index (χ1n) is 5.43. The van der Waals surface area contributed by atoms with Crippen molar-refractivity contribution in [3.63, 3.8) is 0 Å². The Morgan fingerprint density at radius 1 is 1.12 bits per heavy atom. The van der Waals surface area contributed by atoms with E-state index in [0.717, 1.165) is 11.3 Å². The number of methoxy groups -OCH3 is 1. The van der Waals surface area contributed by atoms with Crippen molar-refractivity contribution in [2.45, 2.75) is 20.4 Å². The molecule has 2 aromatic rings. The quantitative estimate of drug-likeness (QED) is 0.836. The molecule has 0 aliphatic carbocycles. The Morgan fingerprint density at radius 2 is 1.88 bits per heavy atom. The zero-order chi connectivity index (χ0) is 11.7. The van der Waals surface area contributed by atoms with Crippen LogP contribution in [0.3, 0.4) is 0 Å². The molecule has 84 valence electrons. The second kappa shape index (κ2) is 4.14. The minimum absolute atomic E-state index is 0.541. The van der Waals surface area contributed by atoms with Gasteiger partial charge in [0, 0.05) is 11.9 Å². The highest BCUT2D eigenvalue weighted by molar-refractivity contribution is 5.92. The number of hydrogen-bond acceptors (Lipinski definition) is 2. The van der Waals surface area contributed by atoms with E-state index < -0.39 is 0 Å². The van der Waals surface area contributed by atoms with E-state index in [0.29, 0.717) is 6.54 Å². The van der Waals surface area contributed by atoms with Gasteiger partial charge >= 0.3 is 0 Å². The number of rotatable bonds is 2. The second-order valence-electron chi connectivity index (χ2n) is 4.18. The Bertz CT molecular complexity index is 532. The van der Waals surface area contributed by atoms with Crippen LogP contribution in [0.5, 0.6) is 5.75 Å². The molecule has 2 nitrogen and oxygen atoms in total. The minimum atomic E-state index is 0.541. The third-order valence-corrected chi connectivity index (χ3v) is 2.87. The van der Waals surface area contributed by atoms with Gasteiger partial charge in [-0.15, -0.1) is 0 Å². The standard InChI is InChI=1S/C14H17NO/c1-9-4-10(2)14-12(5-9)6-11(8-15)7-13(14)16-3/h4-7H,8,15H2,1-3H3. The predicted molar refractivity (Wildman–Crippen MR) is 67.9 cm³/mol. The highest BCUT2D eigenvalue weighted by Gasteiger charge is 2.07. The minimum Gasteiger partial charge on any atom is -0.496 e. The van der Waals surface area contributed by atoms with Crippen LogP contribution in [0, 0.1) is 13.8 Å². The van der Waals surface area contributed by atoms with E-state index >= 15 is 0 Å². The monoisotopic (exact) mass is 215 g/mol. The summed E-state index contributed by atoms with van der Waals surface area (Å²) in [5.41, 5.74) is 9.30. The van der Waals surface area contributed by atoms with Gasteiger partial charge in [0.1, 0.15) is 5.75 Å². The van der Waals surface area contributed by atoms with Crippen LogP contribution < -0.4 is 10.5 Å². The number of fused-ring (bicyclic) bond motifs is 1. The van der Waals surface area contributed by atoms with E-state index in [9.17, 15) is 0 Å². The van der Waals surface area contributed by atoms with E-state index in [2.05, 4.69) is 32.0 Å². The Kier molecular flexibility index (Phi) is 2.84. The fourth-order valence-electron chi connectivity index (χ4n) is 2.21. The average Bonchev–Trinajstić information content (AvgIpc) is 2.26. The molecule has 0 fully saturated rings. The maximum atomic E-state index is 5.68. The Morgan fingerprint density at radius 3 is 2.50 bits per heavy atom. The summed E-state index contributed by atoms with van der Waals surface area (Å²) in [7, 11) is 1.70. The third-order valence-electron chi connectivity index (χ3n) is 2.87. The highest BCUT2D eigenvalue weighted by atomic mass is 16.5. The van der Waals surface area contributed by atoms with E-state index in [1.54, 1.807) is 7.11 Å².